The summed E-state index contributed by atoms with van der Waals surface area (Å²) in [5.41, 5.74) is -0.0176. The predicted octanol–water partition coefficient (Wildman–Crippen LogP) is 1.35. The molecule has 1 rings (SSSR count). The number of carboxylic acids is 1. The monoisotopic (exact) mass is 334 g/mol. The minimum atomic E-state index is -3.54. The largest absolute Gasteiger partial charge is 0.478 e. The molecule has 0 bridgehead atoms. The first-order chi connectivity index (χ1) is 9.60. The van der Waals surface area contributed by atoms with E-state index in [4.69, 9.17) is 5.11 Å². The van der Waals surface area contributed by atoms with Crippen LogP contribution in [0.1, 0.15) is 30.6 Å². The summed E-state index contributed by atoms with van der Waals surface area (Å²) >= 11 is 1.07. The summed E-state index contributed by atoms with van der Waals surface area (Å²) in [4.78, 5) is 23.2. The summed E-state index contributed by atoms with van der Waals surface area (Å²) in [5, 5.41) is 13.2. The Labute approximate surface area is 127 Å². The van der Waals surface area contributed by atoms with E-state index in [1.54, 1.807) is 5.38 Å². The zero-order valence-electron chi connectivity index (χ0n) is 11.9. The van der Waals surface area contributed by atoms with E-state index in [0.717, 1.165) is 17.6 Å². The summed E-state index contributed by atoms with van der Waals surface area (Å²) in [5.74, 6) is -1.63. The van der Waals surface area contributed by atoms with E-state index in [1.165, 1.54) is 6.07 Å². The standard InChI is InChI=1S/C12H18N2O5S2/c1-7(2)6-9(14-21(3,18)19)10(15)13-11-8(12(16)17)4-5-20-11/h4-5,7,9,14H,6H2,1-3H3,(H,13,15)(H,16,17). The van der Waals surface area contributed by atoms with Gasteiger partial charge in [-0.15, -0.1) is 11.3 Å². The highest BCUT2D eigenvalue weighted by atomic mass is 32.2. The van der Waals surface area contributed by atoms with Crippen molar-refractivity contribution >= 4 is 38.2 Å². The number of carbonyl (C=O) groups is 2. The van der Waals surface area contributed by atoms with Gasteiger partial charge in [0.1, 0.15) is 11.0 Å². The number of aromatic carboxylic acids is 1. The van der Waals surface area contributed by atoms with E-state index in [9.17, 15) is 18.0 Å². The predicted molar refractivity (Wildman–Crippen MR) is 81.1 cm³/mol. The van der Waals surface area contributed by atoms with Crippen molar-refractivity contribution in [3.63, 3.8) is 0 Å². The fraction of sp³-hybridized carbons (Fsp3) is 0.500. The second kappa shape index (κ2) is 7.01. The third kappa shape index (κ3) is 5.82. The number of rotatable bonds is 7. The lowest BCUT2D eigenvalue weighted by molar-refractivity contribution is -0.118. The lowest BCUT2D eigenvalue weighted by Gasteiger charge is -2.18. The van der Waals surface area contributed by atoms with Crippen LogP contribution >= 0.6 is 11.3 Å². The number of hydrogen-bond acceptors (Lipinski definition) is 5. The number of carbonyl (C=O) groups excluding carboxylic acids is 1. The molecule has 0 spiro atoms. The van der Waals surface area contributed by atoms with Crippen LogP contribution in [0.2, 0.25) is 0 Å². The number of hydrogen-bond donors (Lipinski definition) is 3. The Balaban J connectivity index is 2.90. The zero-order valence-corrected chi connectivity index (χ0v) is 13.5. The van der Waals surface area contributed by atoms with Gasteiger partial charge in [0.05, 0.1) is 11.8 Å². The minimum absolute atomic E-state index is 0.0176. The van der Waals surface area contributed by atoms with Crippen LogP contribution in [0.4, 0.5) is 5.00 Å². The number of thiophene rings is 1. The van der Waals surface area contributed by atoms with Gasteiger partial charge in [-0.25, -0.2) is 17.9 Å². The maximum Gasteiger partial charge on any atom is 0.338 e. The molecule has 3 N–H and O–H groups in total. The summed E-state index contributed by atoms with van der Waals surface area (Å²) in [6, 6.07) is 0.438. The SMILES string of the molecule is CC(C)CC(NS(C)(=O)=O)C(=O)Nc1sccc1C(=O)O. The van der Waals surface area contributed by atoms with Crippen molar-refractivity contribution in [2.75, 3.05) is 11.6 Å². The molecule has 0 saturated carbocycles. The lowest BCUT2D eigenvalue weighted by Crippen LogP contribution is -2.44. The van der Waals surface area contributed by atoms with Gasteiger partial charge in [-0.2, -0.15) is 0 Å². The molecule has 118 valence electrons. The summed E-state index contributed by atoms with van der Waals surface area (Å²) < 4.78 is 24.9. The van der Waals surface area contributed by atoms with E-state index in [1.807, 2.05) is 13.8 Å². The number of sulfonamides is 1. The first-order valence-electron chi connectivity index (χ1n) is 6.19. The van der Waals surface area contributed by atoms with Crippen LogP contribution in [-0.2, 0) is 14.8 Å². The second-order valence-electron chi connectivity index (χ2n) is 5.03. The van der Waals surface area contributed by atoms with Gasteiger partial charge < -0.3 is 10.4 Å². The fourth-order valence-electron chi connectivity index (χ4n) is 1.71. The molecule has 0 saturated heterocycles. The van der Waals surface area contributed by atoms with Crippen LogP contribution in [0.25, 0.3) is 0 Å². The fourth-order valence-corrected chi connectivity index (χ4v) is 3.21. The Hall–Kier alpha value is -1.45. The molecule has 1 unspecified atom stereocenters. The van der Waals surface area contributed by atoms with E-state index >= 15 is 0 Å². The van der Waals surface area contributed by atoms with Gasteiger partial charge in [0.25, 0.3) is 0 Å². The molecular formula is C12H18N2O5S2. The summed E-state index contributed by atoms with van der Waals surface area (Å²) in [6.07, 6.45) is 1.29. The number of anilines is 1. The van der Waals surface area contributed by atoms with Crippen molar-refractivity contribution in [3.8, 4) is 0 Å². The highest BCUT2D eigenvalue weighted by Gasteiger charge is 2.25. The Morgan fingerprint density at radius 1 is 1.38 bits per heavy atom. The average molecular weight is 334 g/mol. The molecule has 0 aromatic carbocycles. The van der Waals surface area contributed by atoms with Crippen LogP contribution in [-0.4, -0.2) is 37.7 Å². The molecule has 9 heteroatoms. The van der Waals surface area contributed by atoms with Crippen molar-refractivity contribution in [1.29, 1.82) is 0 Å². The van der Waals surface area contributed by atoms with Gasteiger partial charge in [0.2, 0.25) is 15.9 Å². The smallest absolute Gasteiger partial charge is 0.338 e. The molecule has 1 atom stereocenters. The third-order valence-corrected chi connectivity index (χ3v) is 4.05. The van der Waals surface area contributed by atoms with Crippen LogP contribution in [0.3, 0.4) is 0 Å². The average Bonchev–Trinajstić information content (AvgIpc) is 2.73. The molecule has 1 amide bonds. The van der Waals surface area contributed by atoms with Crippen molar-refractivity contribution in [1.82, 2.24) is 4.72 Å². The minimum Gasteiger partial charge on any atom is -0.478 e. The molecule has 0 radical (unpaired) electrons. The lowest BCUT2D eigenvalue weighted by atomic mass is 10.0. The van der Waals surface area contributed by atoms with Crippen molar-refractivity contribution < 1.29 is 23.1 Å². The zero-order chi connectivity index (χ0) is 16.2. The van der Waals surface area contributed by atoms with Gasteiger partial charge >= 0.3 is 5.97 Å². The summed E-state index contributed by atoms with van der Waals surface area (Å²) in [7, 11) is -3.54. The van der Waals surface area contributed by atoms with Crippen molar-refractivity contribution in [3.05, 3.63) is 17.0 Å². The molecule has 7 nitrogen and oxygen atoms in total. The molecule has 1 heterocycles. The number of carboxylic acid groups (broad SMARTS) is 1. The third-order valence-electron chi connectivity index (χ3n) is 2.51. The molecule has 21 heavy (non-hydrogen) atoms. The van der Waals surface area contributed by atoms with Crippen LogP contribution in [0, 0.1) is 5.92 Å². The van der Waals surface area contributed by atoms with Gasteiger partial charge in [-0.3, -0.25) is 4.79 Å². The Kier molecular flexibility index (Phi) is 5.87. The summed E-state index contributed by atoms with van der Waals surface area (Å²) in [6.45, 7) is 3.72. The quantitative estimate of drug-likeness (QED) is 0.696. The Bertz CT molecular complexity index is 621. The van der Waals surface area contributed by atoms with E-state index in [-0.39, 0.29) is 16.5 Å². The molecule has 1 aromatic heterocycles. The van der Waals surface area contributed by atoms with Gasteiger partial charge in [0.15, 0.2) is 0 Å². The second-order valence-corrected chi connectivity index (χ2v) is 7.73. The van der Waals surface area contributed by atoms with Crippen molar-refractivity contribution in [2.24, 2.45) is 5.92 Å². The van der Waals surface area contributed by atoms with E-state index in [2.05, 4.69) is 10.0 Å². The van der Waals surface area contributed by atoms with Crippen LogP contribution < -0.4 is 10.0 Å². The van der Waals surface area contributed by atoms with Crippen molar-refractivity contribution in [2.45, 2.75) is 26.3 Å². The maximum atomic E-state index is 12.2. The van der Waals surface area contributed by atoms with Crippen LogP contribution in [0.15, 0.2) is 11.4 Å². The highest BCUT2D eigenvalue weighted by Crippen LogP contribution is 2.23. The topological polar surface area (TPSA) is 113 Å². The molecule has 0 aliphatic carbocycles. The normalized spacial score (nSPS) is 13.1. The van der Waals surface area contributed by atoms with Gasteiger partial charge in [-0.05, 0) is 23.8 Å². The molecule has 0 aliphatic heterocycles. The van der Waals surface area contributed by atoms with E-state index in [0.29, 0.717) is 6.42 Å². The maximum absolute atomic E-state index is 12.2. The number of amides is 1. The Morgan fingerprint density at radius 2 is 2.00 bits per heavy atom. The Morgan fingerprint density at radius 3 is 2.48 bits per heavy atom. The molecule has 0 fully saturated rings. The number of nitrogens with one attached hydrogen (secondary N) is 2. The first kappa shape index (κ1) is 17.6. The first-order valence-corrected chi connectivity index (χ1v) is 8.96. The molecule has 0 aliphatic rings. The van der Waals surface area contributed by atoms with Gasteiger partial charge in [-0.1, -0.05) is 13.8 Å². The highest BCUT2D eigenvalue weighted by molar-refractivity contribution is 7.88. The van der Waals surface area contributed by atoms with Crippen LogP contribution in [0.5, 0.6) is 0 Å². The molecule has 1 aromatic rings. The van der Waals surface area contributed by atoms with Gasteiger partial charge in [0, 0.05) is 0 Å². The van der Waals surface area contributed by atoms with E-state index < -0.39 is 27.9 Å². The molecular weight excluding hydrogens is 316 g/mol.